The molecule has 34 heavy (non-hydrogen) atoms. The van der Waals surface area contributed by atoms with Crippen LogP contribution in [0.25, 0.3) is 10.8 Å². The van der Waals surface area contributed by atoms with Crippen LogP contribution in [0.5, 0.6) is 0 Å². The van der Waals surface area contributed by atoms with E-state index in [-0.39, 0.29) is 12.3 Å². The molecule has 0 saturated heterocycles. The summed E-state index contributed by atoms with van der Waals surface area (Å²) in [6, 6.07) is 20.8. The number of carbonyl (C=O) groups is 2. The zero-order valence-electron chi connectivity index (χ0n) is 19.0. The molecular weight excluding hydrogens is 443 g/mol. The molecule has 0 fully saturated rings. The third-order valence-electron chi connectivity index (χ3n) is 5.77. The average Bonchev–Trinajstić information content (AvgIpc) is 2.82. The summed E-state index contributed by atoms with van der Waals surface area (Å²) in [4.78, 5) is 25.8. The number of rotatable bonds is 9. The maximum absolute atomic E-state index is 13.2. The Labute approximate surface area is 196 Å². The van der Waals surface area contributed by atoms with E-state index in [1.54, 1.807) is 37.4 Å². The van der Waals surface area contributed by atoms with Gasteiger partial charge in [0.2, 0.25) is 11.8 Å². The van der Waals surface area contributed by atoms with E-state index in [4.69, 9.17) is 0 Å². The number of amides is 2. The first-order valence-electron chi connectivity index (χ1n) is 11.0. The van der Waals surface area contributed by atoms with Crippen LogP contribution < -0.4 is 16.0 Å². The maximum atomic E-state index is 13.2. The van der Waals surface area contributed by atoms with E-state index >= 15 is 0 Å². The Morgan fingerprint density at radius 1 is 0.882 bits per heavy atom. The Bertz CT molecular complexity index is 1120. The maximum Gasteiger partial charge on any atom is 0.405 e. The van der Waals surface area contributed by atoms with Crippen LogP contribution in [0.1, 0.15) is 24.0 Å². The third-order valence-corrected chi connectivity index (χ3v) is 5.77. The summed E-state index contributed by atoms with van der Waals surface area (Å²) < 4.78 is 37.9. The summed E-state index contributed by atoms with van der Waals surface area (Å²) in [6.45, 7) is 0.427. The minimum absolute atomic E-state index is 0.0665. The largest absolute Gasteiger partial charge is 0.405 e. The van der Waals surface area contributed by atoms with Crippen molar-refractivity contribution in [1.82, 2.24) is 16.0 Å². The van der Waals surface area contributed by atoms with Gasteiger partial charge in [0.25, 0.3) is 0 Å². The molecule has 0 heterocycles. The molecule has 180 valence electrons. The van der Waals surface area contributed by atoms with Crippen molar-refractivity contribution in [3.05, 3.63) is 83.9 Å². The molecule has 0 aliphatic rings. The van der Waals surface area contributed by atoms with Gasteiger partial charge in [-0.3, -0.25) is 9.59 Å². The lowest BCUT2D eigenvalue weighted by atomic mass is 9.90. The highest BCUT2D eigenvalue weighted by Crippen LogP contribution is 2.24. The van der Waals surface area contributed by atoms with Gasteiger partial charge in [-0.2, -0.15) is 13.2 Å². The van der Waals surface area contributed by atoms with Crippen molar-refractivity contribution in [3.8, 4) is 0 Å². The van der Waals surface area contributed by atoms with E-state index in [1.165, 1.54) is 0 Å². The van der Waals surface area contributed by atoms with E-state index < -0.39 is 36.6 Å². The Kier molecular flexibility index (Phi) is 8.28. The zero-order chi connectivity index (χ0) is 24.7. The van der Waals surface area contributed by atoms with E-state index in [2.05, 4.69) is 10.6 Å². The van der Waals surface area contributed by atoms with Crippen LogP contribution in [0, 0.1) is 0 Å². The van der Waals surface area contributed by atoms with Crippen molar-refractivity contribution in [2.45, 2.75) is 37.5 Å². The number of hydrogen-bond donors (Lipinski definition) is 3. The fraction of sp³-hybridized carbons (Fsp3) is 0.308. The van der Waals surface area contributed by atoms with Gasteiger partial charge in [-0.1, -0.05) is 79.7 Å². The molecule has 3 rings (SSSR count). The molecule has 0 bridgehead atoms. The highest BCUT2D eigenvalue weighted by molar-refractivity contribution is 5.91. The fourth-order valence-corrected chi connectivity index (χ4v) is 3.92. The van der Waals surface area contributed by atoms with Gasteiger partial charge in [0.05, 0.1) is 6.04 Å². The van der Waals surface area contributed by atoms with Crippen LogP contribution >= 0.6 is 0 Å². The lowest BCUT2D eigenvalue weighted by molar-refractivity contribution is -0.140. The van der Waals surface area contributed by atoms with Crippen LogP contribution in [-0.2, 0) is 16.0 Å². The van der Waals surface area contributed by atoms with Gasteiger partial charge in [-0.15, -0.1) is 0 Å². The van der Waals surface area contributed by atoms with Gasteiger partial charge >= 0.3 is 6.18 Å². The first-order valence-corrected chi connectivity index (χ1v) is 11.0. The lowest BCUT2D eigenvalue weighted by Crippen LogP contribution is -2.55. The molecule has 0 aromatic heterocycles. The standard InChI is InChI=1S/C26H28F3N3O2/c1-17(20-13-12-19-10-6-7-11-21(19)15-20)23(30-2)25(34)32-22(14-18-8-4-3-5-9-18)24(33)31-16-26(27,28)29/h3-13,15,17,22-23,30H,14,16H2,1-2H3,(H,31,33)(H,32,34). The van der Waals surface area contributed by atoms with Crippen molar-refractivity contribution in [3.63, 3.8) is 0 Å². The van der Waals surface area contributed by atoms with Crippen molar-refractivity contribution in [2.75, 3.05) is 13.6 Å². The second kappa shape index (κ2) is 11.2. The number of alkyl halides is 3. The Morgan fingerprint density at radius 2 is 1.53 bits per heavy atom. The molecule has 0 radical (unpaired) electrons. The Morgan fingerprint density at radius 3 is 2.18 bits per heavy atom. The zero-order valence-corrected chi connectivity index (χ0v) is 19.0. The number of benzene rings is 3. The van der Waals surface area contributed by atoms with Gasteiger partial charge < -0.3 is 16.0 Å². The van der Waals surface area contributed by atoms with Gasteiger partial charge in [-0.05, 0) is 28.9 Å². The first-order chi connectivity index (χ1) is 16.2. The molecule has 3 aromatic rings. The summed E-state index contributed by atoms with van der Waals surface area (Å²) in [5.74, 6) is -1.61. The van der Waals surface area contributed by atoms with Crippen LogP contribution in [0.4, 0.5) is 13.2 Å². The van der Waals surface area contributed by atoms with E-state index in [0.717, 1.165) is 21.9 Å². The van der Waals surface area contributed by atoms with E-state index in [0.29, 0.717) is 0 Å². The van der Waals surface area contributed by atoms with Crippen molar-refractivity contribution in [2.24, 2.45) is 0 Å². The second-order valence-electron chi connectivity index (χ2n) is 8.25. The van der Waals surface area contributed by atoms with Crippen molar-refractivity contribution in [1.29, 1.82) is 0 Å². The smallest absolute Gasteiger partial charge is 0.345 e. The topological polar surface area (TPSA) is 70.2 Å². The molecule has 5 nitrogen and oxygen atoms in total. The number of halogens is 3. The monoisotopic (exact) mass is 471 g/mol. The summed E-state index contributed by atoms with van der Waals surface area (Å²) in [7, 11) is 1.64. The Hall–Kier alpha value is -3.39. The highest BCUT2D eigenvalue weighted by Gasteiger charge is 2.32. The molecule has 2 amide bonds. The predicted molar refractivity (Wildman–Crippen MR) is 126 cm³/mol. The minimum Gasteiger partial charge on any atom is -0.345 e. The fourth-order valence-electron chi connectivity index (χ4n) is 3.92. The normalized spacial score (nSPS) is 14.3. The SMILES string of the molecule is CNC(C(=O)NC(Cc1ccccc1)C(=O)NCC(F)(F)F)C(C)c1ccc2ccccc2c1. The molecule has 0 saturated carbocycles. The molecule has 0 spiro atoms. The second-order valence-corrected chi connectivity index (χ2v) is 8.25. The molecule has 3 N–H and O–H groups in total. The molecule has 3 unspecified atom stereocenters. The van der Waals surface area contributed by atoms with Gasteiger partial charge in [0.15, 0.2) is 0 Å². The van der Waals surface area contributed by atoms with E-state index in [1.807, 2.05) is 54.7 Å². The predicted octanol–water partition coefficient (Wildman–Crippen LogP) is 3.94. The third kappa shape index (κ3) is 6.81. The van der Waals surface area contributed by atoms with Crippen molar-refractivity contribution >= 4 is 22.6 Å². The molecule has 0 aliphatic heterocycles. The highest BCUT2D eigenvalue weighted by atomic mass is 19.4. The summed E-state index contributed by atoms with van der Waals surface area (Å²) in [5.41, 5.74) is 1.65. The van der Waals surface area contributed by atoms with Gasteiger partial charge in [0.1, 0.15) is 12.6 Å². The first kappa shape index (κ1) is 25.2. The Balaban J connectivity index is 1.78. The van der Waals surface area contributed by atoms with Crippen LogP contribution in [0.2, 0.25) is 0 Å². The number of carbonyl (C=O) groups excluding carboxylic acids is 2. The summed E-state index contributed by atoms with van der Waals surface area (Å²) in [5, 5.41) is 9.65. The van der Waals surface area contributed by atoms with Crippen molar-refractivity contribution < 1.29 is 22.8 Å². The average molecular weight is 472 g/mol. The number of nitrogens with one attached hydrogen (secondary N) is 3. The summed E-state index contributed by atoms with van der Waals surface area (Å²) in [6.07, 6.45) is -4.48. The quantitative estimate of drug-likeness (QED) is 0.443. The van der Waals surface area contributed by atoms with Crippen LogP contribution in [-0.4, -0.2) is 43.7 Å². The van der Waals surface area contributed by atoms with Gasteiger partial charge in [-0.25, -0.2) is 0 Å². The van der Waals surface area contributed by atoms with Crippen LogP contribution in [0.3, 0.4) is 0 Å². The lowest BCUT2D eigenvalue weighted by Gasteiger charge is -2.26. The molecule has 3 atom stereocenters. The minimum atomic E-state index is -4.55. The molecule has 8 heteroatoms. The number of fused-ring (bicyclic) bond motifs is 1. The molecule has 3 aromatic carbocycles. The van der Waals surface area contributed by atoms with Crippen LogP contribution in [0.15, 0.2) is 72.8 Å². The van der Waals surface area contributed by atoms with Gasteiger partial charge in [0, 0.05) is 12.3 Å². The number of likely N-dealkylation sites (N-methyl/N-ethyl adjacent to an activating group) is 1. The molecular formula is C26H28F3N3O2. The number of hydrogen-bond acceptors (Lipinski definition) is 3. The molecule has 0 aliphatic carbocycles. The summed E-state index contributed by atoms with van der Waals surface area (Å²) >= 11 is 0. The van der Waals surface area contributed by atoms with E-state index in [9.17, 15) is 22.8 Å².